The first-order chi connectivity index (χ1) is 12.6. The summed E-state index contributed by atoms with van der Waals surface area (Å²) in [5, 5.41) is 15.4. The number of rotatable bonds is 2. The highest BCUT2D eigenvalue weighted by molar-refractivity contribution is 9.10. The molecule has 0 aliphatic carbocycles. The van der Waals surface area contributed by atoms with Crippen molar-refractivity contribution in [3.63, 3.8) is 0 Å². The van der Waals surface area contributed by atoms with Crippen LogP contribution in [0.4, 0.5) is 9.80 Å². The van der Waals surface area contributed by atoms with Crippen molar-refractivity contribution in [3.8, 4) is 0 Å². The van der Waals surface area contributed by atoms with Gasteiger partial charge in [-0.05, 0) is 64.8 Å². The number of nitrogens with one attached hydrogen (secondary N) is 1. The van der Waals surface area contributed by atoms with E-state index >= 15 is 0 Å². The minimum absolute atomic E-state index is 0.363. The normalized spacial score (nSPS) is 9.30. The van der Waals surface area contributed by atoms with Crippen molar-refractivity contribution >= 4 is 89.5 Å². The molecule has 0 saturated carbocycles. The smallest absolute Gasteiger partial charge is 0.412 e. The zero-order valence-corrected chi connectivity index (χ0v) is 21.6. The molecule has 2 N–H and O–H groups in total. The third-order valence-electron chi connectivity index (χ3n) is 1.97. The number of ether oxygens (including phenoxy) is 1. The fraction of sp³-hybridized carbons (Fsp3) is 0.286. The maximum atomic E-state index is 11.3. The highest BCUT2D eigenvalue weighted by atomic mass is 79.9. The summed E-state index contributed by atoms with van der Waals surface area (Å²) in [4.78, 5) is 35.9. The van der Waals surface area contributed by atoms with Gasteiger partial charge in [0, 0.05) is 29.6 Å². The molecule has 0 aliphatic rings. The first kappa shape index (κ1) is 28.8. The third kappa shape index (κ3) is 15.2. The number of thiophene rings is 2. The molecule has 2 atom stereocenters. The molecule has 2 aromatic rings. The Labute approximate surface area is 186 Å². The lowest BCUT2D eigenvalue weighted by molar-refractivity contribution is 0.0634. The van der Waals surface area contributed by atoms with Crippen LogP contribution in [0.25, 0.3) is 0 Å². The molecule has 2 unspecified atom stereocenters. The van der Waals surface area contributed by atoms with E-state index in [0.29, 0.717) is 4.88 Å². The lowest BCUT2D eigenvalue weighted by atomic mass is 10.2. The molecule has 2 heterocycles. The van der Waals surface area contributed by atoms with E-state index in [9.17, 15) is 9.59 Å². The molecule has 2 rings (SSSR count). The largest absolute Gasteiger partial charge is 0.477 e. The van der Waals surface area contributed by atoms with E-state index in [2.05, 4.69) is 55.0 Å². The fourth-order valence-electron chi connectivity index (χ4n) is 1.21. The van der Waals surface area contributed by atoms with E-state index < -0.39 is 17.7 Å². The van der Waals surface area contributed by atoms with Crippen molar-refractivity contribution in [1.29, 1.82) is 0 Å². The van der Waals surface area contributed by atoms with Gasteiger partial charge in [-0.15, -0.1) is 40.5 Å². The molecule has 0 aliphatic heterocycles. The topological polar surface area (TPSA) is 110 Å². The van der Waals surface area contributed by atoms with Gasteiger partial charge in [0.2, 0.25) is 0 Å². The van der Waals surface area contributed by atoms with E-state index in [4.69, 9.17) is 19.8 Å². The molecule has 0 saturated heterocycles. The van der Waals surface area contributed by atoms with Crippen LogP contribution in [0.5, 0.6) is 0 Å². The van der Waals surface area contributed by atoms with Crippen LogP contribution in [-0.2, 0) is 4.74 Å². The Kier molecular flexibility index (Phi) is 16.5. The number of carboxylic acids is 1. The lowest BCUT2D eigenvalue weighted by Crippen LogP contribution is -2.26. The fourth-order valence-corrected chi connectivity index (χ4v) is 3.78. The predicted molar refractivity (Wildman–Crippen MR) is 127 cm³/mol. The Morgan fingerprint density at radius 3 is 1.85 bits per heavy atom. The van der Waals surface area contributed by atoms with Gasteiger partial charge in [-0.2, -0.15) is 0 Å². The van der Waals surface area contributed by atoms with E-state index in [1.54, 1.807) is 11.4 Å². The van der Waals surface area contributed by atoms with Crippen molar-refractivity contribution in [3.05, 3.63) is 46.6 Å². The Bertz CT molecular complexity index is 706. The summed E-state index contributed by atoms with van der Waals surface area (Å²) in [5.74, 6) is -0.870. The van der Waals surface area contributed by atoms with Gasteiger partial charge < -0.3 is 9.84 Å². The van der Waals surface area contributed by atoms with Crippen LogP contribution in [0, 0.1) is 9.93 Å². The summed E-state index contributed by atoms with van der Waals surface area (Å²) in [6.07, 6.45) is -0.424. The zero-order valence-electron chi connectivity index (χ0n) is 14.5. The Balaban J connectivity index is 0. The van der Waals surface area contributed by atoms with Crippen LogP contribution in [-0.4, -0.2) is 22.8 Å². The number of carbonyl (C=O) groups is 2. The van der Waals surface area contributed by atoms with Gasteiger partial charge in [-0.1, -0.05) is 0 Å². The molecule has 0 fully saturated rings. The Hall–Kier alpha value is -0.440. The second kappa shape index (κ2) is 15.5. The van der Waals surface area contributed by atoms with E-state index in [1.165, 1.54) is 22.7 Å². The van der Waals surface area contributed by atoms with Crippen LogP contribution in [0.2, 0.25) is 0 Å². The van der Waals surface area contributed by atoms with Crippen LogP contribution >= 0.6 is 72.4 Å². The standard InChI is InChI=1S/C9H12BrNO2S.C5H3BrO2S.O2.H4P2/c1-9(2,3)13-8(12)11-7-4-6(10)5-14-7;6-3-1-4(5(7)8)9-2-3;2*1-2/h4-5H,1-3H3,(H,11,12);1-2H,(H,7,8);;1-2H2. The summed E-state index contributed by atoms with van der Waals surface area (Å²) in [5.41, 5.74) is -0.460. The first-order valence-corrected chi connectivity index (χ1v) is 12.8. The predicted octanol–water partition coefficient (Wildman–Crippen LogP) is 6.79. The summed E-state index contributed by atoms with van der Waals surface area (Å²) >= 11 is 9.11. The molecule has 0 spiro atoms. The number of halogens is 2. The maximum Gasteiger partial charge on any atom is 0.412 e. The Morgan fingerprint density at radius 1 is 1.07 bits per heavy atom. The average Bonchev–Trinajstić information content (AvgIpc) is 3.18. The number of amides is 1. The summed E-state index contributed by atoms with van der Waals surface area (Å²) < 4.78 is 6.87. The summed E-state index contributed by atoms with van der Waals surface area (Å²) in [6, 6.07) is 3.40. The van der Waals surface area contributed by atoms with Crippen LogP contribution in [0.15, 0.2) is 31.8 Å². The molecular formula is C14H19Br2NO6P2S2. The van der Waals surface area contributed by atoms with Gasteiger partial charge in [-0.25, -0.2) is 9.59 Å². The van der Waals surface area contributed by atoms with E-state index in [-0.39, 0.29) is 0 Å². The SMILES string of the molecule is CC(C)(C)OC(=O)Nc1cc(Br)cs1.O=C(O)c1cc(Br)cs1.O=O.PP. The first-order valence-electron chi connectivity index (χ1n) is 6.78. The van der Waals surface area contributed by atoms with Crippen molar-refractivity contribution in [2.24, 2.45) is 0 Å². The van der Waals surface area contributed by atoms with E-state index in [1.807, 2.05) is 32.2 Å². The van der Waals surface area contributed by atoms with Gasteiger partial charge in [0.1, 0.15) is 10.5 Å². The molecule has 0 radical (unpaired) electrons. The van der Waals surface area contributed by atoms with Gasteiger partial charge >= 0.3 is 12.1 Å². The molecule has 1 amide bonds. The summed E-state index contributed by atoms with van der Waals surface area (Å²) in [7, 11) is 4.67. The van der Waals surface area contributed by atoms with Gasteiger partial charge in [0.05, 0.1) is 5.00 Å². The number of carboxylic acid groups (broad SMARTS) is 1. The zero-order chi connectivity index (χ0) is 21.6. The van der Waals surface area contributed by atoms with Gasteiger partial charge in [0.25, 0.3) is 0 Å². The minimum Gasteiger partial charge on any atom is -0.477 e. The quantitative estimate of drug-likeness (QED) is 0.377. The highest BCUT2D eigenvalue weighted by Crippen LogP contribution is 2.25. The highest BCUT2D eigenvalue weighted by Gasteiger charge is 2.16. The number of hydrogen-bond donors (Lipinski definition) is 2. The number of carbonyl (C=O) groups excluding carboxylic acids is 1. The van der Waals surface area contributed by atoms with Crippen molar-refractivity contribution in [2.45, 2.75) is 26.4 Å². The number of anilines is 1. The number of aromatic carboxylic acids is 1. The molecule has 0 aromatic carbocycles. The molecule has 0 bridgehead atoms. The van der Waals surface area contributed by atoms with Crippen LogP contribution < -0.4 is 5.32 Å². The third-order valence-corrected chi connectivity index (χ3v) is 5.26. The minimum atomic E-state index is -0.870. The molecule has 13 heteroatoms. The molecular weight excluding hydrogens is 564 g/mol. The average molecular weight is 583 g/mol. The molecule has 2 aromatic heterocycles. The molecule has 7 nitrogen and oxygen atoms in total. The van der Waals surface area contributed by atoms with Gasteiger partial charge in [-0.3, -0.25) is 5.32 Å². The Morgan fingerprint density at radius 2 is 1.56 bits per heavy atom. The van der Waals surface area contributed by atoms with Crippen LogP contribution in [0.3, 0.4) is 0 Å². The second-order valence-corrected chi connectivity index (χ2v) is 8.84. The van der Waals surface area contributed by atoms with Gasteiger partial charge in [0.15, 0.2) is 0 Å². The lowest BCUT2D eigenvalue weighted by Gasteiger charge is -2.19. The molecule has 27 heavy (non-hydrogen) atoms. The monoisotopic (exact) mass is 581 g/mol. The van der Waals surface area contributed by atoms with E-state index in [0.717, 1.165) is 13.9 Å². The summed E-state index contributed by atoms with van der Waals surface area (Å²) in [6.45, 7) is 5.49. The second-order valence-electron chi connectivity index (χ2n) is 5.19. The van der Waals surface area contributed by atoms with Crippen molar-refractivity contribution in [2.75, 3.05) is 5.32 Å². The maximum absolute atomic E-state index is 11.3. The molecule has 152 valence electrons. The van der Waals surface area contributed by atoms with Crippen LogP contribution in [0.1, 0.15) is 30.4 Å². The number of hydrogen-bond acceptors (Lipinski definition) is 7. The van der Waals surface area contributed by atoms with Crippen molar-refractivity contribution < 1.29 is 19.4 Å². The van der Waals surface area contributed by atoms with Crippen molar-refractivity contribution in [1.82, 2.24) is 0 Å².